The number of ether oxygens (including phenoxy) is 1. The number of aromatic nitrogens is 2. The average molecular weight is 299 g/mol. The molecular weight excluding hydrogens is 282 g/mol. The highest BCUT2D eigenvalue weighted by Crippen LogP contribution is 2.27. The Morgan fingerprint density at radius 2 is 2.40 bits per heavy atom. The first-order chi connectivity index (χ1) is 9.65. The van der Waals surface area contributed by atoms with Crippen molar-refractivity contribution in [1.82, 2.24) is 14.9 Å². The van der Waals surface area contributed by atoms with E-state index in [1.165, 1.54) is 0 Å². The maximum atomic E-state index is 11.8. The molecule has 1 aliphatic rings. The van der Waals surface area contributed by atoms with Crippen molar-refractivity contribution in [3.63, 3.8) is 0 Å². The quantitative estimate of drug-likeness (QED) is 0.384. The largest absolute Gasteiger partial charge is 0.394 e. The molecule has 0 bridgehead atoms. The second-order valence-electron chi connectivity index (χ2n) is 4.59. The summed E-state index contributed by atoms with van der Waals surface area (Å²) < 4.78 is 7.62. The number of aldehydes is 1. The third-order valence-corrected chi connectivity index (χ3v) is 3.50. The summed E-state index contributed by atoms with van der Waals surface area (Å²) in [6.07, 6.45) is 3.39. The number of aliphatic hydroxyl groups excluding tert-OH is 1. The molecule has 1 fully saturated rings. The van der Waals surface area contributed by atoms with Crippen LogP contribution in [0.15, 0.2) is 11.0 Å². The minimum Gasteiger partial charge on any atom is -0.394 e. The van der Waals surface area contributed by atoms with Crippen LogP contribution < -0.4 is 10.9 Å². The van der Waals surface area contributed by atoms with Crippen LogP contribution in [-0.4, -0.2) is 40.2 Å². The van der Waals surface area contributed by atoms with Crippen molar-refractivity contribution < 1.29 is 14.6 Å². The molecule has 8 heteroatoms. The van der Waals surface area contributed by atoms with E-state index in [0.717, 1.165) is 19.1 Å². The van der Waals surface area contributed by atoms with Crippen molar-refractivity contribution in [3.8, 4) is 0 Å². The van der Waals surface area contributed by atoms with Crippen LogP contribution in [0.1, 0.15) is 24.6 Å². The molecule has 1 aromatic heterocycles. The van der Waals surface area contributed by atoms with Gasteiger partial charge in [-0.05, 0) is 25.1 Å². The van der Waals surface area contributed by atoms with Gasteiger partial charge in [-0.2, -0.15) is 0 Å². The average Bonchev–Trinajstić information content (AvgIpc) is 2.90. The molecule has 0 saturated carbocycles. The predicted molar refractivity (Wildman–Crippen MR) is 73.9 cm³/mol. The van der Waals surface area contributed by atoms with Crippen LogP contribution in [0.25, 0.3) is 0 Å². The van der Waals surface area contributed by atoms with Crippen molar-refractivity contribution >= 4 is 18.5 Å². The zero-order valence-electron chi connectivity index (χ0n) is 10.9. The van der Waals surface area contributed by atoms with Crippen molar-refractivity contribution in [2.45, 2.75) is 31.7 Å². The Hall–Kier alpha value is -1.35. The summed E-state index contributed by atoms with van der Waals surface area (Å²) in [4.78, 5) is 24.6. The van der Waals surface area contributed by atoms with E-state index in [2.05, 4.69) is 10.3 Å². The molecule has 2 unspecified atom stereocenters. The highest BCUT2D eigenvalue weighted by atomic mass is 32.1. The van der Waals surface area contributed by atoms with Crippen LogP contribution in [0, 0.1) is 4.77 Å². The van der Waals surface area contributed by atoms with E-state index in [1.54, 1.807) is 10.8 Å². The maximum Gasteiger partial charge on any atom is 0.256 e. The third kappa shape index (κ3) is 3.40. The first-order valence-corrected chi connectivity index (χ1v) is 6.81. The number of carbonyl (C=O) groups is 1. The fourth-order valence-corrected chi connectivity index (χ4v) is 2.42. The van der Waals surface area contributed by atoms with Gasteiger partial charge in [-0.1, -0.05) is 0 Å². The molecule has 1 aromatic rings. The molecule has 1 aliphatic heterocycles. The minimum atomic E-state index is -0.277. The molecule has 2 rings (SSSR count). The van der Waals surface area contributed by atoms with Gasteiger partial charge in [-0.15, -0.1) is 0 Å². The predicted octanol–water partition coefficient (Wildman–Crippen LogP) is -0.136. The van der Waals surface area contributed by atoms with E-state index >= 15 is 0 Å². The van der Waals surface area contributed by atoms with Crippen LogP contribution in [0.4, 0.5) is 0 Å². The number of rotatable bonds is 6. The monoisotopic (exact) mass is 299 g/mol. The summed E-state index contributed by atoms with van der Waals surface area (Å²) in [5.41, 5.74) is 0.206. The van der Waals surface area contributed by atoms with Crippen LogP contribution >= 0.6 is 12.2 Å². The van der Waals surface area contributed by atoms with E-state index in [9.17, 15) is 9.59 Å². The van der Waals surface area contributed by atoms with Gasteiger partial charge in [0.25, 0.3) is 5.56 Å². The number of hydrogen-bond donors (Lipinski definition) is 3. The Kier molecular flexibility index (Phi) is 5.18. The molecule has 0 spiro atoms. The molecule has 1 saturated heterocycles. The van der Waals surface area contributed by atoms with Crippen LogP contribution in [0.5, 0.6) is 0 Å². The molecule has 2 heterocycles. The van der Waals surface area contributed by atoms with E-state index in [0.29, 0.717) is 5.56 Å². The zero-order chi connectivity index (χ0) is 14.5. The topological polar surface area (TPSA) is 96.3 Å². The summed E-state index contributed by atoms with van der Waals surface area (Å²) in [6.45, 7) is 0.433. The fraction of sp³-hybridized carbons (Fsp3) is 0.583. The number of aromatic amines is 1. The summed E-state index contributed by atoms with van der Waals surface area (Å²) >= 11 is 5.13. The number of nitrogens with zero attached hydrogens (tertiary/aromatic N) is 1. The normalized spacial score (nSPS) is 22.1. The lowest BCUT2D eigenvalue weighted by atomic mass is 10.2. The molecule has 20 heavy (non-hydrogen) atoms. The third-order valence-electron chi connectivity index (χ3n) is 3.18. The van der Waals surface area contributed by atoms with E-state index < -0.39 is 0 Å². The lowest BCUT2D eigenvalue weighted by Gasteiger charge is -2.17. The standard InChI is InChI=1S/C12H17N3O4S/c16-4-3-13-5-8-6-15(12(20)14-11(8)18)10-2-1-9(7-17)19-10/h4,6,9-10,13,17H,1-3,5,7H2,(H,14,18,20). The Balaban J connectivity index is 2.20. The lowest BCUT2D eigenvalue weighted by molar-refractivity contribution is -0.107. The Morgan fingerprint density at radius 1 is 1.60 bits per heavy atom. The number of aliphatic hydroxyl groups is 1. The summed E-state index contributed by atoms with van der Waals surface area (Å²) in [5.74, 6) is 0. The molecule has 0 radical (unpaired) electrons. The highest BCUT2D eigenvalue weighted by Gasteiger charge is 2.26. The Bertz CT molecular complexity index is 583. The van der Waals surface area contributed by atoms with Crippen molar-refractivity contribution in [2.75, 3.05) is 13.2 Å². The second kappa shape index (κ2) is 6.89. The van der Waals surface area contributed by atoms with Crippen molar-refractivity contribution in [2.24, 2.45) is 0 Å². The van der Waals surface area contributed by atoms with E-state index in [4.69, 9.17) is 22.1 Å². The Labute approximate surface area is 120 Å². The SMILES string of the molecule is O=CCNCc1cn(C2CCC(CO)O2)c(=S)[nH]c1=O. The van der Waals surface area contributed by atoms with E-state index in [1.807, 2.05) is 0 Å². The molecule has 2 atom stereocenters. The van der Waals surface area contributed by atoms with Gasteiger partial charge in [-0.25, -0.2) is 0 Å². The Morgan fingerprint density at radius 3 is 3.05 bits per heavy atom. The second-order valence-corrected chi connectivity index (χ2v) is 4.98. The maximum absolute atomic E-state index is 11.8. The molecular formula is C12H17N3O4S. The van der Waals surface area contributed by atoms with Gasteiger partial charge in [0, 0.05) is 18.3 Å². The van der Waals surface area contributed by atoms with Gasteiger partial charge >= 0.3 is 0 Å². The van der Waals surface area contributed by atoms with Crippen molar-refractivity contribution in [1.29, 1.82) is 0 Å². The summed E-state index contributed by atoms with van der Waals surface area (Å²) in [6, 6.07) is 0. The van der Waals surface area contributed by atoms with Gasteiger partial charge < -0.3 is 20.0 Å². The van der Waals surface area contributed by atoms with Gasteiger partial charge in [0.15, 0.2) is 4.77 Å². The molecule has 7 nitrogen and oxygen atoms in total. The number of carbonyl (C=O) groups excluding carboxylic acids is 1. The van der Waals surface area contributed by atoms with Crippen LogP contribution in [0.2, 0.25) is 0 Å². The zero-order valence-corrected chi connectivity index (χ0v) is 11.7. The molecule has 0 aliphatic carbocycles. The fourth-order valence-electron chi connectivity index (χ4n) is 2.16. The van der Waals surface area contributed by atoms with Crippen LogP contribution in [0.3, 0.4) is 0 Å². The number of H-pyrrole nitrogens is 1. The smallest absolute Gasteiger partial charge is 0.256 e. The van der Waals surface area contributed by atoms with Crippen LogP contribution in [-0.2, 0) is 16.1 Å². The highest BCUT2D eigenvalue weighted by molar-refractivity contribution is 7.71. The summed E-state index contributed by atoms with van der Waals surface area (Å²) in [7, 11) is 0. The minimum absolute atomic E-state index is 0.0269. The number of nitrogens with one attached hydrogen (secondary N) is 2. The van der Waals surface area contributed by atoms with Gasteiger partial charge in [0.2, 0.25) is 0 Å². The first kappa shape index (κ1) is 15.0. The van der Waals surface area contributed by atoms with Gasteiger partial charge in [0.05, 0.1) is 19.3 Å². The molecule has 0 amide bonds. The summed E-state index contributed by atoms with van der Waals surface area (Å²) in [5, 5.41) is 11.9. The molecule has 110 valence electrons. The van der Waals surface area contributed by atoms with Crippen molar-refractivity contribution in [3.05, 3.63) is 26.9 Å². The molecule has 0 aromatic carbocycles. The first-order valence-electron chi connectivity index (χ1n) is 6.40. The molecule has 3 N–H and O–H groups in total. The van der Waals surface area contributed by atoms with Gasteiger partial charge in [0.1, 0.15) is 12.5 Å². The lowest BCUT2D eigenvalue weighted by Crippen LogP contribution is -2.26. The number of hydrogen-bond acceptors (Lipinski definition) is 6. The van der Waals surface area contributed by atoms with E-state index in [-0.39, 0.29) is 42.4 Å². The van der Waals surface area contributed by atoms with Gasteiger partial charge in [-0.3, -0.25) is 14.3 Å².